The standard InChI is InChI=1S/C72H111ClF3N13O13/c1-13-45(5)61-69(100)83(9)40-59(92)81(7)41-60(93)85(11)56(37-47-21-16-15-17-22-47)68(99)82(8)39-57(90)77-52(27-25-48-24-26-50(51(73)36-48)72(74,75)76)67(98)89-30-20-23-54(89)64(95)80-71(28-18-19-29-71)70(101)86(12)62(46(6)14-2)65(96)78-53(38-58(91)84(10)55(35-44(3)4)63(94)79-61)66(97)88-33-31-87(32-34-88)49-42-102-43-49/h24,26,36,44-47,49,52-56,61-62H,13-23,25,27-35,37-43H2,1-12H3,(H,77,90)(H,78,96)(H,79,94)(H,80,95)/t45-,46-,52-,53-,54-,55-,56-,61-,62-/m0/s1. The van der Waals surface area contributed by atoms with Gasteiger partial charge in [0.05, 0.1) is 55.9 Å². The number of aryl methyl sites for hydroxylation is 1. The van der Waals surface area contributed by atoms with Crippen LogP contribution in [0.3, 0.4) is 0 Å². The largest absolute Gasteiger partial charge is 0.417 e. The third-order valence-corrected chi connectivity index (χ3v) is 22.4. The number of amides is 12. The lowest BCUT2D eigenvalue weighted by Gasteiger charge is -2.43. The Hall–Kier alpha value is -7.14. The zero-order chi connectivity index (χ0) is 75.2. The highest BCUT2D eigenvalue weighted by molar-refractivity contribution is 6.31. The molecular formula is C72H111ClF3N13O13. The summed E-state index contributed by atoms with van der Waals surface area (Å²) in [6, 6.07) is -5.66. The van der Waals surface area contributed by atoms with Gasteiger partial charge in [-0.1, -0.05) is 117 Å². The molecule has 12 amide bonds. The van der Waals surface area contributed by atoms with Gasteiger partial charge in [0.15, 0.2) is 0 Å². The second kappa shape index (κ2) is 36.5. The molecule has 9 atom stereocenters. The highest BCUT2D eigenvalue weighted by Gasteiger charge is 2.50. The van der Waals surface area contributed by atoms with Crippen LogP contribution in [0.1, 0.15) is 162 Å². The van der Waals surface area contributed by atoms with Crippen LogP contribution in [0.5, 0.6) is 0 Å². The van der Waals surface area contributed by atoms with E-state index >= 15 is 28.8 Å². The summed E-state index contributed by atoms with van der Waals surface area (Å²) in [7, 11) is 8.43. The summed E-state index contributed by atoms with van der Waals surface area (Å²) in [5.74, 6) is -9.38. The lowest BCUT2D eigenvalue weighted by Crippen LogP contribution is -2.65. The van der Waals surface area contributed by atoms with Gasteiger partial charge in [0.1, 0.15) is 47.8 Å². The van der Waals surface area contributed by atoms with Crippen molar-refractivity contribution in [2.45, 2.75) is 217 Å². The number of rotatable bonds is 13. The molecule has 0 unspecified atom stereocenters. The minimum atomic E-state index is -4.76. The van der Waals surface area contributed by atoms with E-state index in [9.17, 15) is 41.9 Å². The number of likely N-dealkylation sites (N-methyl/N-ethyl adjacent to an activating group) is 6. The molecule has 7 rings (SSSR count). The summed E-state index contributed by atoms with van der Waals surface area (Å²) in [6.07, 6.45) is 1.44. The summed E-state index contributed by atoms with van der Waals surface area (Å²) in [5, 5.41) is 11.0. The van der Waals surface area contributed by atoms with Gasteiger partial charge in [-0.05, 0) is 92.7 Å². The monoisotopic (exact) mass is 1460 g/mol. The van der Waals surface area contributed by atoms with E-state index in [1.54, 1.807) is 18.7 Å². The van der Waals surface area contributed by atoms with Gasteiger partial charge in [-0.3, -0.25) is 62.4 Å². The van der Waals surface area contributed by atoms with Crippen molar-refractivity contribution in [1.82, 2.24) is 65.4 Å². The first-order chi connectivity index (χ1) is 48.1. The second-order valence-electron chi connectivity index (χ2n) is 29.9. The quantitative estimate of drug-likeness (QED) is 0.217. The Balaban J connectivity index is 1.27. The molecular weight excluding hydrogens is 1350 g/mol. The van der Waals surface area contributed by atoms with Crippen molar-refractivity contribution < 1.29 is 75.4 Å². The molecule has 30 heteroatoms. The number of fused-ring (bicyclic) bond motifs is 1. The van der Waals surface area contributed by atoms with E-state index < -0.39 is 173 Å². The molecule has 1 spiro atoms. The molecule has 2 saturated carbocycles. The fourth-order valence-corrected chi connectivity index (χ4v) is 15.4. The average Bonchev–Trinajstić information content (AvgIpc) is 1.61. The van der Waals surface area contributed by atoms with Crippen molar-refractivity contribution in [1.29, 1.82) is 0 Å². The van der Waals surface area contributed by atoms with Gasteiger partial charge in [-0.2, -0.15) is 13.2 Å². The van der Waals surface area contributed by atoms with Crippen LogP contribution in [0.25, 0.3) is 0 Å². The van der Waals surface area contributed by atoms with Crippen LogP contribution in [-0.2, 0) is 74.9 Å². The number of nitrogens with zero attached hydrogens (tertiary/aromatic N) is 9. The Morgan fingerprint density at radius 1 is 0.647 bits per heavy atom. The van der Waals surface area contributed by atoms with Crippen molar-refractivity contribution in [2.75, 3.05) is 108 Å². The molecule has 0 radical (unpaired) electrons. The highest BCUT2D eigenvalue weighted by Crippen LogP contribution is 2.37. The summed E-state index contributed by atoms with van der Waals surface area (Å²) in [6.45, 7) is 11.8. The van der Waals surface area contributed by atoms with Crippen molar-refractivity contribution >= 4 is 82.5 Å². The summed E-state index contributed by atoms with van der Waals surface area (Å²) in [5.41, 5.74) is -2.38. The molecule has 4 aliphatic heterocycles. The minimum Gasteiger partial charge on any atom is -0.378 e. The van der Waals surface area contributed by atoms with Crippen molar-refractivity contribution in [2.24, 2.45) is 23.7 Å². The second-order valence-corrected chi connectivity index (χ2v) is 30.3. The number of hydrogen-bond acceptors (Lipinski definition) is 14. The van der Waals surface area contributed by atoms with Crippen LogP contribution in [-0.4, -0.2) is 277 Å². The Labute approximate surface area is 603 Å². The molecule has 2 aliphatic carbocycles. The maximum Gasteiger partial charge on any atom is 0.417 e. The van der Waals surface area contributed by atoms with Crippen LogP contribution in [0.4, 0.5) is 13.2 Å². The van der Waals surface area contributed by atoms with Crippen LogP contribution in [0, 0.1) is 23.7 Å². The molecule has 4 N–H and O–H groups in total. The van der Waals surface area contributed by atoms with Crippen LogP contribution < -0.4 is 21.3 Å². The van der Waals surface area contributed by atoms with Gasteiger partial charge in [-0.25, -0.2) is 0 Å². The normalized spacial score (nSPS) is 26.8. The molecule has 0 bridgehead atoms. The first kappa shape index (κ1) is 82.1. The number of alkyl halides is 3. The maximum absolute atomic E-state index is 15.5. The average molecular weight is 1460 g/mol. The smallest absolute Gasteiger partial charge is 0.378 e. The van der Waals surface area contributed by atoms with E-state index in [1.807, 2.05) is 27.7 Å². The maximum atomic E-state index is 15.5. The van der Waals surface area contributed by atoms with Gasteiger partial charge in [0, 0.05) is 75.0 Å². The summed E-state index contributed by atoms with van der Waals surface area (Å²) >= 11 is 6.15. The van der Waals surface area contributed by atoms with E-state index in [0.29, 0.717) is 64.0 Å². The van der Waals surface area contributed by atoms with Crippen LogP contribution in [0.15, 0.2) is 18.2 Å². The first-order valence-electron chi connectivity index (χ1n) is 36.6. The van der Waals surface area contributed by atoms with Crippen LogP contribution >= 0.6 is 11.6 Å². The molecule has 4 saturated heterocycles. The summed E-state index contributed by atoms with van der Waals surface area (Å²) < 4.78 is 47.0. The zero-order valence-electron chi connectivity index (χ0n) is 61.8. The topological polar surface area (TPSA) is 291 Å². The first-order valence-corrected chi connectivity index (χ1v) is 37.0. The number of piperazine rings is 1. The van der Waals surface area contributed by atoms with E-state index in [1.165, 1.54) is 68.0 Å². The predicted molar refractivity (Wildman–Crippen MR) is 374 cm³/mol. The van der Waals surface area contributed by atoms with Crippen molar-refractivity contribution in [3.63, 3.8) is 0 Å². The Kier molecular flexibility index (Phi) is 29.4. The van der Waals surface area contributed by atoms with E-state index in [-0.39, 0.29) is 82.5 Å². The third kappa shape index (κ3) is 20.6. The van der Waals surface area contributed by atoms with E-state index in [0.717, 1.165) is 58.9 Å². The number of halogens is 4. The lowest BCUT2D eigenvalue weighted by atomic mass is 9.84. The number of carbonyl (C=O) groups excluding carboxylic acids is 12. The minimum absolute atomic E-state index is 0.0141. The number of ether oxygens (including phenoxy) is 1. The van der Waals surface area contributed by atoms with Gasteiger partial charge in [-0.15, -0.1) is 0 Å². The number of carbonyl (C=O) groups is 12. The number of benzene rings is 1. The Morgan fingerprint density at radius 3 is 1.85 bits per heavy atom. The van der Waals surface area contributed by atoms with Crippen molar-refractivity contribution in [3.05, 3.63) is 34.3 Å². The van der Waals surface area contributed by atoms with E-state index in [2.05, 4.69) is 26.2 Å². The lowest BCUT2D eigenvalue weighted by molar-refractivity contribution is -0.151. The fraction of sp³-hybridized carbons (Fsp3) is 0.750. The molecule has 102 heavy (non-hydrogen) atoms. The Bertz CT molecular complexity index is 3180. The molecule has 1 aromatic rings. The molecule has 1 aromatic carbocycles. The van der Waals surface area contributed by atoms with Crippen LogP contribution in [0.2, 0.25) is 5.02 Å². The third-order valence-electron chi connectivity index (χ3n) is 22.1. The summed E-state index contributed by atoms with van der Waals surface area (Å²) in [4.78, 5) is 191. The highest BCUT2D eigenvalue weighted by atomic mass is 35.5. The number of hydrogen-bond donors (Lipinski definition) is 4. The van der Waals surface area contributed by atoms with Gasteiger partial charge in [0.2, 0.25) is 70.9 Å². The van der Waals surface area contributed by atoms with Gasteiger partial charge < -0.3 is 65.2 Å². The molecule has 26 nitrogen and oxygen atoms in total. The molecule has 570 valence electrons. The molecule has 6 aliphatic rings. The predicted octanol–water partition coefficient (Wildman–Crippen LogP) is 4.08. The van der Waals surface area contributed by atoms with E-state index in [4.69, 9.17) is 16.3 Å². The zero-order valence-corrected chi connectivity index (χ0v) is 62.6. The molecule has 0 aromatic heterocycles. The SMILES string of the molecule is CC[C@H](C)[C@@H]1NC(=O)[C@H](CC(C)C)N(C)C(=O)C[C@@H](C(=O)N2CCN(C3COC3)CC2)NC(=O)[C@H]([C@@H](C)CC)N(C)C(=O)C2(CCCC2)NC(=O)[C@@H]2CCCN2C(=O)[C@H](CCc2ccc(C(F)(F)F)c(Cl)c2)NC(=O)CN(C)C(=O)[C@H](CC2CCCCC2)N(C)C(=O)CN(C)C(=O)CN(C)C1=O. The van der Waals surface area contributed by atoms with Gasteiger partial charge in [0.25, 0.3) is 0 Å². The molecule has 6 fully saturated rings. The van der Waals surface area contributed by atoms with Gasteiger partial charge >= 0.3 is 6.18 Å². The fourth-order valence-electron chi connectivity index (χ4n) is 15.1. The molecule has 4 heterocycles. The number of nitrogens with one attached hydrogen (secondary N) is 4. The van der Waals surface area contributed by atoms with Crippen molar-refractivity contribution in [3.8, 4) is 0 Å². The Morgan fingerprint density at radius 2 is 1.26 bits per heavy atom.